The molecule has 0 bridgehead atoms. The summed E-state index contributed by atoms with van der Waals surface area (Å²) in [5, 5.41) is 0.621. The Bertz CT molecular complexity index is 335. The van der Waals surface area contributed by atoms with Crippen LogP contribution in [0.15, 0.2) is 24.3 Å². The van der Waals surface area contributed by atoms with Crippen molar-refractivity contribution >= 4 is 17.4 Å². The highest BCUT2D eigenvalue weighted by atomic mass is 35.5. The summed E-state index contributed by atoms with van der Waals surface area (Å²) >= 11 is 5.65. The highest BCUT2D eigenvalue weighted by Gasteiger charge is 1.97. The molecule has 0 aliphatic carbocycles. The number of benzene rings is 1. The summed E-state index contributed by atoms with van der Waals surface area (Å²) in [4.78, 5) is 10.7. The second-order valence-corrected chi connectivity index (χ2v) is 2.75. The number of terminal acetylenes is 1. The second-order valence-electron chi connectivity index (χ2n) is 2.31. The summed E-state index contributed by atoms with van der Waals surface area (Å²) in [5.74, 6) is 2.15. The molecule has 2 nitrogen and oxygen atoms in total. The number of hydrogen-bond donors (Lipinski definition) is 0. The Morgan fingerprint density at radius 1 is 1.46 bits per heavy atom. The molecule has 0 N–H and O–H groups in total. The van der Waals surface area contributed by atoms with Gasteiger partial charge in [0.25, 0.3) is 0 Å². The van der Waals surface area contributed by atoms with Gasteiger partial charge >= 0.3 is 0 Å². The molecule has 1 aromatic carbocycles. The van der Waals surface area contributed by atoms with Crippen LogP contribution in [-0.2, 0) is 4.79 Å². The Kier molecular flexibility index (Phi) is 3.36. The minimum atomic E-state index is -0.380. The minimum Gasteiger partial charge on any atom is -0.485 e. The Balaban J connectivity index is 2.52. The number of ether oxygens (including phenoxy) is 1. The zero-order chi connectivity index (χ0) is 9.68. The molecule has 0 fully saturated rings. The van der Waals surface area contributed by atoms with Gasteiger partial charge in [-0.15, -0.1) is 6.42 Å². The van der Waals surface area contributed by atoms with Gasteiger partial charge in [-0.2, -0.15) is 0 Å². The summed E-state index contributed by atoms with van der Waals surface area (Å²) in [5.41, 5.74) is 0. The van der Waals surface area contributed by atoms with Gasteiger partial charge in [-0.25, -0.2) is 0 Å². The third kappa shape index (κ3) is 3.18. The van der Waals surface area contributed by atoms with E-state index in [2.05, 4.69) is 0 Å². The number of carbonyl (C=O) groups excluding carboxylic acids is 1. The Morgan fingerprint density at radius 3 is 2.62 bits per heavy atom. The standard InChI is InChI=1S/C10H7ClO2/c1-2-9(12)7-13-10-5-3-8(11)4-6-10/h1,3-6H,7H2. The van der Waals surface area contributed by atoms with Crippen molar-refractivity contribution in [3.05, 3.63) is 29.3 Å². The van der Waals surface area contributed by atoms with Crippen molar-refractivity contribution in [3.63, 3.8) is 0 Å². The number of hydrogen-bond acceptors (Lipinski definition) is 2. The van der Waals surface area contributed by atoms with Crippen LogP contribution < -0.4 is 4.74 Å². The summed E-state index contributed by atoms with van der Waals surface area (Å²) in [6.45, 7) is -0.0991. The van der Waals surface area contributed by atoms with Crippen molar-refractivity contribution < 1.29 is 9.53 Å². The van der Waals surface area contributed by atoms with Crippen LogP contribution in [0.5, 0.6) is 5.75 Å². The van der Waals surface area contributed by atoms with Crippen molar-refractivity contribution in [1.82, 2.24) is 0 Å². The first-order valence-electron chi connectivity index (χ1n) is 3.60. The van der Waals surface area contributed by atoms with Crippen molar-refractivity contribution in [2.75, 3.05) is 6.61 Å². The quantitative estimate of drug-likeness (QED) is 0.543. The number of ketones is 1. The van der Waals surface area contributed by atoms with E-state index in [9.17, 15) is 4.79 Å². The third-order valence-electron chi connectivity index (χ3n) is 1.34. The van der Waals surface area contributed by atoms with Gasteiger partial charge in [-0.05, 0) is 30.2 Å². The normalized spacial score (nSPS) is 8.92. The van der Waals surface area contributed by atoms with E-state index in [-0.39, 0.29) is 12.4 Å². The zero-order valence-corrected chi connectivity index (χ0v) is 7.54. The summed E-state index contributed by atoms with van der Waals surface area (Å²) in [7, 11) is 0. The van der Waals surface area contributed by atoms with Gasteiger partial charge in [0, 0.05) is 5.02 Å². The fraction of sp³-hybridized carbons (Fsp3) is 0.100. The first-order chi connectivity index (χ1) is 6.22. The summed E-state index contributed by atoms with van der Waals surface area (Å²) in [6, 6.07) is 6.70. The van der Waals surface area contributed by atoms with E-state index in [1.165, 1.54) is 0 Å². The number of Topliss-reactive ketones (excluding diaryl/α,β-unsaturated/α-hetero) is 1. The van der Waals surface area contributed by atoms with Gasteiger partial charge in [0.05, 0.1) is 0 Å². The SMILES string of the molecule is C#CC(=O)COc1ccc(Cl)cc1. The molecule has 1 aromatic rings. The highest BCUT2D eigenvalue weighted by Crippen LogP contribution is 2.15. The van der Waals surface area contributed by atoms with E-state index in [0.717, 1.165) is 0 Å². The first-order valence-corrected chi connectivity index (χ1v) is 3.98. The predicted octanol–water partition coefficient (Wildman–Crippen LogP) is 1.92. The summed E-state index contributed by atoms with van der Waals surface area (Å²) in [6.07, 6.45) is 4.86. The minimum absolute atomic E-state index is 0.0991. The Labute approximate surface area is 81.5 Å². The smallest absolute Gasteiger partial charge is 0.242 e. The first kappa shape index (κ1) is 9.63. The van der Waals surface area contributed by atoms with E-state index in [4.69, 9.17) is 22.8 Å². The molecule has 0 aliphatic rings. The maximum atomic E-state index is 10.7. The largest absolute Gasteiger partial charge is 0.485 e. The topological polar surface area (TPSA) is 26.3 Å². The highest BCUT2D eigenvalue weighted by molar-refractivity contribution is 6.30. The molecule has 0 spiro atoms. The van der Waals surface area contributed by atoms with E-state index in [0.29, 0.717) is 10.8 Å². The van der Waals surface area contributed by atoms with Gasteiger partial charge in [-0.3, -0.25) is 4.79 Å². The van der Waals surface area contributed by atoms with Gasteiger partial charge in [0.1, 0.15) is 5.75 Å². The fourth-order valence-corrected chi connectivity index (χ4v) is 0.847. The second kappa shape index (κ2) is 4.54. The number of rotatable bonds is 3. The van der Waals surface area contributed by atoms with Crippen LogP contribution in [0.4, 0.5) is 0 Å². The van der Waals surface area contributed by atoms with Gasteiger partial charge < -0.3 is 4.74 Å². The molecule has 0 saturated heterocycles. The molecule has 3 heteroatoms. The van der Waals surface area contributed by atoms with Gasteiger partial charge in [-0.1, -0.05) is 11.6 Å². The van der Waals surface area contributed by atoms with Crippen molar-refractivity contribution in [2.45, 2.75) is 0 Å². The maximum absolute atomic E-state index is 10.7. The van der Waals surface area contributed by atoms with Crippen LogP contribution in [0, 0.1) is 12.3 Å². The lowest BCUT2D eigenvalue weighted by Crippen LogP contribution is -2.08. The Hall–Kier alpha value is -1.46. The average Bonchev–Trinajstić information content (AvgIpc) is 2.16. The van der Waals surface area contributed by atoms with Crippen LogP contribution in [0.2, 0.25) is 5.02 Å². The van der Waals surface area contributed by atoms with E-state index in [1.807, 2.05) is 5.92 Å². The number of halogens is 1. The lowest BCUT2D eigenvalue weighted by atomic mass is 10.3. The molecule has 0 amide bonds. The molecule has 1 rings (SSSR count). The lowest BCUT2D eigenvalue weighted by molar-refractivity contribution is -0.115. The monoisotopic (exact) mass is 194 g/mol. The molecule has 0 unspecified atom stereocenters. The van der Waals surface area contributed by atoms with E-state index in [1.54, 1.807) is 24.3 Å². The molecule has 0 aliphatic heterocycles. The molecule has 0 saturated carbocycles. The van der Waals surface area contributed by atoms with Crippen molar-refractivity contribution in [1.29, 1.82) is 0 Å². The molecule has 0 radical (unpaired) electrons. The molecule has 0 atom stereocenters. The fourth-order valence-electron chi connectivity index (χ4n) is 0.721. The van der Waals surface area contributed by atoms with Crippen molar-refractivity contribution in [2.24, 2.45) is 0 Å². The zero-order valence-electron chi connectivity index (χ0n) is 6.79. The van der Waals surface area contributed by atoms with Gasteiger partial charge in [0.2, 0.25) is 5.78 Å². The van der Waals surface area contributed by atoms with Crippen LogP contribution in [0.25, 0.3) is 0 Å². The third-order valence-corrected chi connectivity index (χ3v) is 1.60. The number of carbonyl (C=O) groups is 1. The molecular weight excluding hydrogens is 188 g/mol. The maximum Gasteiger partial charge on any atom is 0.242 e. The molecule has 13 heavy (non-hydrogen) atoms. The molecular formula is C10H7ClO2. The lowest BCUT2D eigenvalue weighted by Gasteiger charge is -2.01. The van der Waals surface area contributed by atoms with E-state index < -0.39 is 0 Å². The molecule has 66 valence electrons. The van der Waals surface area contributed by atoms with Crippen LogP contribution >= 0.6 is 11.6 Å². The molecule has 0 heterocycles. The van der Waals surface area contributed by atoms with E-state index >= 15 is 0 Å². The predicted molar refractivity (Wildman–Crippen MR) is 50.8 cm³/mol. The molecule has 0 aromatic heterocycles. The van der Waals surface area contributed by atoms with Crippen LogP contribution in [0.1, 0.15) is 0 Å². The average molecular weight is 195 g/mol. The summed E-state index contributed by atoms with van der Waals surface area (Å²) < 4.78 is 5.06. The van der Waals surface area contributed by atoms with Crippen molar-refractivity contribution in [3.8, 4) is 18.1 Å². The van der Waals surface area contributed by atoms with Gasteiger partial charge in [0.15, 0.2) is 6.61 Å². The Morgan fingerprint density at radius 2 is 2.08 bits per heavy atom. The van der Waals surface area contributed by atoms with Crippen LogP contribution in [0.3, 0.4) is 0 Å². The van der Waals surface area contributed by atoms with Crippen LogP contribution in [-0.4, -0.2) is 12.4 Å².